The van der Waals surface area contributed by atoms with Crippen LogP contribution in [-0.2, 0) is 32.7 Å². The van der Waals surface area contributed by atoms with E-state index in [-0.39, 0.29) is 23.7 Å². The van der Waals surface area contributed by atoms with E-state index < -0.39 is 21.8 Å². The lowest BCUT2D eigenvalue weighted by atomic mass is 10.1. The molecule has 0 saturated heterocycles. The van der Waals surface area contributed by atoms with Gasteiger partial charge in [-0.05, 0) is 86.0 Å². The molecule has 4 aromatic rings. The van der Waals surface area contributed by atoms with Crippen molar-refractivity contribution in [2.75, 3.05) is 5.32 Å². The number of anilines is 1. The monoisotopic (exact) mass is 592 g/mol. The van der Waals surface area contributed by atoms with Crippen molar-refractivity contribution >= 4 is 45.3 Å². The first-order valence-electron chi connectivity index (χ1n) is 12.6. The molecule has 9 nitrogen and oxygen atoms in total. The van der Waals surface area contributed by atoms with E-state index in [1.54, 1.807) is 72.8 Å². The van der Waals surface area contributed by atoms with Crippen LogP contribution in [0.1, 0.15) is 33.8 Å². The van der Waals surface area contributed by atoms with Crippen LogP contribution in [-0.4, -0.2) is 30.8 Å². The number of furan rings is 1. The van der Waals surface area contributed by atoms with Crippen LogP contribution in [0.15, 0.2) is 93.3 Å². The van der Waals surface area contributed by atoms with Crippen molar-refractivity contribution in [3.8, 4) is 0 Å². The van der Waals surface area contributed by atoms with Crippen LogP contribution >= 0.6 is 11.6 Å². The number of sulfonamides is 1. The number of nitrogens with one attached hydrogen (secondary N) is 2. The number of amides is 2. The average molecular weight is 593 g/mol. The summed E-state index contributed by atoms with van der Waals surface area (Å²) in [5, 5.41) is 6.85. The summed E-state index contributed by atoms with van der Waals surface area (Å²) in [4.78, 5) is 24.5. The molecule has 11 heteroatoms. The van der Waals surface area contributed by atoms with Gasteiger partial charge >= 0.3 is 11.8 Å². The molecular formula is C30H29ClN4O5S. The third kappa shape index (κ3) is 7.91. The Hall–Kier alpha value is -4.25. The molecule has 0 bridgehead atoms. The van der Waals surface area contributed by atoms with Gasteiger partial charge in [0.25, 0.3) is 0 Å². The standard InChI is InChI=1S/C30H29ClN4O5S/c1-20-4-14-28(15-5-20)41(38,39)35(18-23-7-9-24(31)10-8-23)19-27-13-12-26(40-27)17-32-34-30(37)29(36)33-25-11-6-21(2)22(3)16-25/h4-17H,18-19H2,1-3H3,(H,33,36)(H,34,37)/b32-17+. The molecule has 2 N–H and O–H groups in total. The topological polar surface area (TPSA) is 121 Å². The number of hydrogen-bond acceptors (Lipinski definition) is 6. The molecule has 41 heavy (non-hydrogen) atoms. The van der Waals surface area contributed by atoms with Crippen molar-refractivity contribution in [2.24, 2.45) is 5.10 Å². The van der Waals surface area contributed by atoms with Crippen LogP contribution in [0.3, 0.4) is 0 Å². The maximum Gasteiger partial charge on any atom is 0.329 e. The number of hydrogen-bond donors (Lipinski definition) is 2. The van der Waals surface area contributed by atoms with Crippen LogP contribution in [0, 0.1) is 20.8 Å². The van der Waals surface area contributed by atoms with Crippen molar-refractivity contribution < 1.29 is 22.4 Å². The van der Waals surface area contributed by atoms with Crippen molar-refractivity contribution in [3.05, 3.63) is 118 Å². The third-order valence-corrected chi connectivity index (χ3v) is 8.33. The predicted octanol–water partition coefficient (Wildman–Crippen LogP) is 5.34. The highest BCUT2D eigenvalue weighted by Gasteiger charge is 2.26. The molecule has 0 saturated carbocycles. The smallest absolute Gasteiger partial charge is 0.329 e. The predicted molar refractivity (Wildman–Crippen MR) is 158 cm³/mol. The van der Waals surface area contributed by atoms with Crippen LogP contribution in [0.2, 0.25) is 5.02 Å². The maximum absolute atomic E-state index is 13.5. The van der Waals surface area contributed by atoms with E-state index in [4.69, 9.17) is 16.0 Å². The summed E-state index contributed by atoms with van der Waals surface area (Å²) >= 11 is 6.00. The molecule has 0 atom stereocenters. The van der Waals surface area contributed by atoms with E-state index in [0.717, 1.165) is 22.3 Å². The first-order valence-corrected chi connectivity index (χ1v) is 14.4. The number of halogens is 1. The summed E-state index contributed by atoms with van der Waals surface area (Å²) in [6, 6.07) is 22.1. The summed E-state index contributed by atoms with van der Waals surface area (Å²) in [7, 11) is -3.88. The highest BCUT2D eigenvalue weighted by Crippen LogP contribution is 2.23. The highest BCUT2D eigenvalue weighted by molar-refractivity contribution is 7.89. The van der Waals surface area contributed by atoms with Crippen molar-refractivity contribution in [1.29, 1.82) is 0 Å². The van der Waals surface area contributed by atoms with Gasteiger partial charge in [0.05, 0.1) is 17.7 Å². The van der Waals surface area contributed by atoms with Gasteiger partial charge in [0.2, 0.25) is 10.0 Å². The van der Waals surface area contributed by atoms with Crippen LogP contribution in [0.5, 0.6) is 0 Å². The minimum Gasteiger partial charge on any atom is -0.459 e. The molecule has 0 aliphatic carbocycles. The SMILES string of the molecule is Cc1ccc(S(=O)(=O)N(Cc2ccc(Cl)cc2)Cc2ccc(/C=N/NC(=O)C(=O)Nc3ccc(C)c(C)c3)o2)cc1. The summed E-state index contributed by atoms with van der Waals surface area (Å²) in [6.45, 7) is 5.76. The summed E-state index contributed by atoms with van der Waals surface area (Å²) < 4.78 is 34.2. The van der Waals surface area contributed by atoms with E-state index in [1.165, 1.54) is 10.5 Å². The number of rotatable bonds is 9. The van der Waals surface area contributed by atoms with Crippen LogP contribution in [0.25, 0.3) is 0 Å². The Bertz CT molecular complexity index is 1680. The molecule has 4 rings (SSSR count). The number of carbonyl (C=O) groups excluding carboxylic acids is 2. The Morgan fingerprint density at radius 2 is 1.59 bits per heavy atom. The summed E-state index contributed by atoms with van der Waals surface area (Å²) in [6.07, 6.45) is 1.22. The summed E-state index contributed by atoms with van der Waals surface area (Å²) in [5.74, 6) is -1.21. The lowest BCUT2D eigenvalue weighted by Crippen LogP contribution is -2.32. The van der Waals surface area contributed by atoms with Crippen LogP contribution in [0.4, 0.5) is 5.69 Å². The molecule has 0 unspecified atom stereocenters. The molecule has 3 aromatic carbocycles. The van der Waals surface area contributed by atoms with Crippen molar-refractivity contribution in [1.82, 2.24) is 9.73 Å². The zero-order valence-corrected chi connectivity index (χ0v) is 24.3. The summed E-state index contributed by atoms with van der Waals surface area (Å²) in [5.41, 5.74) is 6.39. The second kappa shape index (κ2) is 12.9. The van der Waals surface area contributed by atoms with Crippen LogP contribution < -0.4 is 10.7 Å². The second-order valence-electron chi connectivity index (χ2n) is 9.47. The first kappa shape index (κ1) is 29.7. The fourth-order valence-corrected chi connectivity index (χ4v) is 5.33. The van der Waals surface area contributed by atoms with Crippen molar-refractivity contribution in [2.45, 2.75) is 38.8 Å². The molecule has 2 amide bonds. The number of benzene rings is 3. The number of aryl methyl sites for hydroxylation is 3. The molecular weight excluding hydrogens is 564 g/mol. The Balaban J connectivity index is 1.43. The molecule has 1 heterocycles. The highest BCUT2D eigenvalue weighted by atomic mass is 35.5. The van der Waals surface area contributed by atoms with Crippen molar-refractivity contribution in [3.63, 3.8) is 0 Å². The van der Waals surface area contributed by atoms with Gasteiger partial charge in [0.15, 0.2) is 0 Å². The number of hydrazone groups is 1. The Kier molecular flexibility index (Phi) is 9.38. The number of carbonyl (C=O) groups is 2. The zero-order chi connectivity index (χ0) is 29.6. The zero-order valence-electron chi connectivity index (χ0n) is 22.7. The quantitative estimate of drug-likeness (QED) is 0.154. The molecule has 212 valence electrons. The molecule has 1 aromatic heterocycles. The minimum absolute atomic E-state index is 0.0581. The van der Waals surface area contributed by atoms with Gasteiger partial charge in [-0.2, -0.15) is 9.41 Å². The van der Waals surface area contributed by atoms with Gasteiger partial charge in [0.1, 0.15) is 11.5 Å². The van der Waals surface area contributed by atoms with Gasteiger partial charge in [0, 0.05) is 17.3 Å². The van der Waals surface area contributed by atoms with E-state index >= 15 is 0 Å². The van der Waals surface area contributed by atoms with Gasteiger partial charge in [-0.15, -0.1) is 0 Å². The van der Waals surface area contributed by atoms with Gasteiger partial charge in [-0.1, -0.05) is 47.5 Å². The minimum atomic E-state index is -3.88. The lowest BCUT2D eigenvalue weighted by Gasteiger charge is -2.21. The Morgan fingerprint density at radius 3 is 2.27 bits per heavy atom. The van der Waals surface area contributed by atoms with Gasteiger partial charge in [-0.25, -0.2) is 13.8 Å². The first-order chi connectivity index (χ1) is 19.5. The largest absolute Gasteiger partial charge is 0.459 e. The molecule has 0 spiro atoms. The molecule has 0 fully saturated rings. The van der Waals surface area contributed by atoms with Gasteiger partial charge in [-0.3, -0.25) is 9.59 Å². The van der Waals surface area contributed by atoms with Gasteiger partial charge < -0.3 is 9.73 Å². The fraction of sp³-hybridized carbons (Fsp3) is 0.167. The Labute approximate surface area is 243 Å². The molecule has 0 radical (unpaired) electrons. The van der Waals surface area contributed by atoms with E-state index in [1.807, 2.05) is 26.8 Å². The maximum atomic E-state index is 13.5. The second-order valence-corrected chi connectivity index (χ2v) is 11.8. The lowest BCUT2D eigenvalue weighted by molar-refractivity contribution is -0.136. The molecule has 0 aliphatic heterocycles. The molecule has 0 aliphatic rings. The average Bonchev–Trinajstić information content (AvgIpc) is 3.39. The fourth-order valence-electron chi connectivity index (χ4n) is 3.81. The Morgan fingerprint density at radius 1 is 0.878 bits per heavy atom. The van der Waals surface area contributed by atoms with E-state index in [2.05, 4.69) is 15.8 Å². The van der Waals surface area contributed by atoms with E-state index in [0.29, 0.717) is 16.5 Å². The number of nitrogens with zero attached hydrogens (tertiary/aromatic N) is 2. The third-order valence-electron chi connectivity index (χ3n) is 6.27. The normalized spacial score (nSPS) is 11.6. The van der Waals surface area contributed by atoms with E-state index in [9.17, 15) is 18.0 Å².